The molecule has 0 spiro atoms. The minimum atomic E-state index is -1.31. The molecule has 0 amide bonds. The molecule has 1 aromatic carbocycles. The number of anilines is 2. The predicted molar refractivity (Wildman–Crippen MR) is 68.2 cm³/mol. The van der Waals surface area contributed by atoms with Crippen molar-refractivity contribution >= 4 is 17.3 Å². The van der Waals surface area contributed by atoms with Crippen LogP contribution in [0.3, 0.4) is 0 Å². The van der Waals surface area contributed by atoms with Crippen LogP contribution in [0, 0.1) is 11.7 Å². The molecule has 0 saturated heterocycles. The Balaban J connectivity index is 2.29. The number of aromatic carboxylic acids is 1. The first-order valence-corrected chi connectivity index (χ1v) is 5.92. The Hall–Kier alpha value is -1.78. The fraction of sp³-hybridized carbons (Fsp3) is 0.462. The van der Waals surface area contributed by atoms with Gasteiger partial charge in [0.1, 0.15) is 5.82 Å². The third-order valence-electron chi connectivity index (χ3n) is 3.42. The van der Waals surface area contributed by atoms with E-state index >= 15 is 0 Å². The SMILES string of the molecule is CC(C)(Nc1cc(F)c(C(=O)O)cc1N)C1CC1. The first-order chi connectivity index (χ1) is 8.31. The number of benzene rings is 1. The van der Waals surface area contributed by atoms with Crippen molar-refractivity contribution in [2.45, 2.75) is 32.2 Å². The molecular formula is C13H17FN2O2. The van der Waals surface area contributed by atoms with E-state index in [1.165, 1.54) is 0 Å². The maximum Gasteiger partial charge on any atom is 0.338 e. The molecule has 0 unspecified atom stereocenters. The first-order valence-electron chi connectivity index (χ1n) is 5.92. The smallest absolute Gasteiger partial charge is 0.338 e. The van der Waals surface area contributed by atoms with Crippen LogP contribution in [0.4, 0.5) is 15.8 Å². The van der Waals surface area contributed by atoms with Gasteiger partial charge in [-0.1, -0.05) is 0 Å². The van der Waals surface area contributed by atoms with Crippen molar-refractivity contribution in [1.82, 2.24) is 0 Å². The Bertz CT molecular complexity index is 496. The summed E-state index contributed by atoms with van der Waals surface area (Å²) in [7, 11) is 0. The largest absolute Gasteiger partial charge is 0.478 e. The molecule has 2 rings (SSSR count). The summed E-state index contributed by atoms with van der Waals surface area (Å²) in [6.07, 6.45) is 2.30. The maximum atomic E-state index is 13.6. The van der Waals surface area contributed by atoms with E-state index in [-0.39, 0.29) is 11.2 Å². The minimum absolute atomic E-state index is 0.161. The highest BCUT2D eigenvalue weighted by Crippen LogP contribution is 2.42. The monoisotopic (exact) mass is 252 g/mol. The third kappa shape index (κ3) is 2.39. The molecule has 1 aliphatic carbocycles. The van der Waals surface area contributed by atoms with E-state index in [1.807, 2.05) is 13.8 Å². The lowest BCUT2D eigenvalue weighted by Gasteiger charge is -2.28. The number of hydrogen-bond donors (Lipinski definition) is 3. The van der Waals surface area contributed by atoms with E-state index in [9.17, 15) is 9.18 Å². The van der Waals surface area contributed by atoms with E-state index in [1.54, 1.807) is 0 Å². The van der Waals surface area contributed by atoms with Gasteiger partial charge in [0.15, 0.2) is 0 Å². The highest BCUT2D eigenvalue weighted by molar-refractivity contribution is 5.90. The maximum absolute atomic E-state index is 13.6. The highest BCUT2D eigenvalue weighted by atomic mass is 19.1. The normalized spacial score (nSPS) is 15.5. The third-order valence-corrected chi connectivity index (χ3v) is 3.42. The lowest BCUT2D eigenvalue weighted by Crippen LogP contribution is -2.33. The number of carboxylic acids is 1. The number of halogens is 1. The lowest BCUT2D eigenvalue weighted by atomic mass is 9.98. The molecule has 1 aromatic rings. The summed E-state index contributed by atoms with van der Waals surface area (Å²) in [5, 5.41) is 12.0. The predicted octanol–water partition coefficient (Wildman–Crippen LogP) is 2.71. The molecule has 0 aromatic heterocycles. The van der Waals surface area contributed by atoms with Crippen LogP contribution in [0.25, 0.3) is 0 Å². The molecule has 0 heterocycles. The summed E-state index contributed by atoms with van der Waals surface area (Å²) < 4.78 is 13.6. The van der Waals surface area contributed by atoms with Gasteiger partial charge in [-0.2, -0.15) is 0 Å². The molecule has 0 bridgehead atoms. The lowest BCUT2D eigenvalue weighted by molar-refractivity contribution is 0.0692. The summed E-state index contributed by atoms with van der Waals surface area (Å²) in [4.78, 5) is 10.8. The van der Waals surface area contributed by atoms with Crippen molar-refractivity contribution in [3.8, 4) is 0 Å². The van der Waals surface area contributed by atoms with Crippen molar-refractivity contribution in [2.24, 2.45) is 5.92 Å². The molecule has 0 atom stereocenters. The van der Waals surface area contributed by atoms with Gasteiger partial charge in [-0.15, -0.1) is 0 Å². The fourth-order valence-corrected chi connectivity index (χ4v) is 2.12. The Labute approximate surface area is 105 Å². The second kappa shape index (κ2) is 4.15. The number of nitrogens with two attached hydrogens (primary N) is 1. The molecule has 18 heavy (non-hydrogen) atoms. The van der Waals surface area contributed by atoms with Crippen molar-refractivity contribution in [3.63, 3.8) is 0 Å². The number of hydrogen-bond acceptors (Lipinski definition) is 3. The van der Waals surface area contributed by atoms with Crippen molar-refractivity contribution in [1.29, 1.82) is 0 Å². The Morgan fingerprint density at radius 3 is 2.61 bits per heavy atom. The van der Waals surface area contributed by atoms with Crippen LogP contribution < -0.4 is 11.1 Å². The van der Waals surface area contributed by atoms with Crippen LogP contribution in [0.1, 0.15) is 37.0 Å². The minimum Gasteiger partial charge on any atom is -0.478 e. The van der Waals surface area contributed by atoms with E-state index in [2.05, 4.69) is 5.32 Å². The second-order valence-corrected chi connectivity index (χ2v) is 5.35. The highest BCUT2D eigenvalue weighted by Gasteiger charge is 2.38. The van der Waals surface area contributed by atoms with E-state index < -0.39 is 17.3 Å². The molecule has 4 nitrogen and oxygen atoms in total. The zero-order valence-corrected chi connectivity index (χ0v) is 10.5. The molecule has 0 radical (unpaired) electrons. The van der Waals surface area contributed by atoms with Crippen molar-refractivity contribution in [3.05, 3.63) is 23.5 Å². The number of rotatable bonds is 4. The Morgan fingerprint density at radius 2 is 2.11 bits per heavy atom. The fourth-order valence-electron chi connectivity index (χ4n) is 2.12. The Kier molecular flexibility index (Phi) is 2.92. The topological polar surface area (TPSA) is 75.3 Å². The molecule has 0 aliphatic heterocycles. The summed E-state index contributed by atoms with van der Waals surface area (Å²) in [5.41, 5.74) is 5.91. The van der Waals surface area contributed by atoms with Gasteiger partial charge in [0.25, 0.3) is 0 Å². The van der Waals surface area contributed by atoms with Crippen LogP contribution in [0.2, 0.25) is 0 Å². The average Bonchev–Trinajstić information content (AvgIpc) is 3.05. The molecular weight excluding hydrogens is 235 g/mol. The summed E-state index contributed by atoms with van der Waals surface area (Å²) in [5.74, 6) is -1.53. The summed E-state index contributed by atoms with van der Waals surface area (Å²) in [6, 6.07) is 2.31. The molecule has 5 heteroatoms. The van der Waals surface area contributed by atoms with Gasteiger partial charge in [0.2, 0.25) is 0 Å². The van der Waals surface area contributed by atoms with E-state index in [0.717, 1.165) is 25.0 Å². The number of nitrogens with one attached hydrogen (secondary N) is 1. The van der Waals surface area contributed by atoms with Crippen LogP contribution in [-0.2, 0) is 0 Å². The van der Waals surface area contributed by atoms with Gasteiger partial charge in [0, 0.05) is 5.54 Å². The van der Waals surface area contributed by atoms with Crippen LogP contribution in [0.15, 0.2) is 12.1 Å². The van der Waals surface area contributed by atoms with Gasteiger partial charge < -0.3 is 16.2 Å². The molecule has 1 fully saturated rings. The van der Waals surface area contributed by atoms with Crippen LogP contribution in [0.5, 0.6) is 0 Å². The van der Waals surface area contributed by atoms with E-state index in [4.69, 9.17) is 10.8 Å². The Morgan fingerprint density at radius 1 is 1.50 bits per heavy atom. The number of nitrogen functional groups attached to an aromatic ring is 1. The van der Waals surface area contributed by atoms with Crippen molar-refractivity contribution < 1.29 is 14.3 Å². The quantitative estimate of drug-likeness (QED) is 0.720. The van der Waals surface area contributed by atoms with Crippen LogP contribution in [-0.4, -0.2) is 16.6 Å². The van der Waals surface area contributed by atoms with Gasteiger partial charge in [-0.05, 0) is 44.7 Å². The zero-order valence-electron chi connectivity index (χ0n) is 10.5. The first kappa shape index (κ1) is 12.7. The molecule has 98 valence electrons. The standard InChI is InChI=1S/C13H17FN2O2/c1-13(2,7-3-4-7)16-11-6-9(14)8(12(17)18)5-10(11)15/h5-7,16H,3-4,15H2,1-2H3,(H,17,18). The second-order valence-electron chi connectivity index (χ2n) is 5.35. The zero-order chi connectivity index (χ0) is 13.5. The summed E-state index contributed by atoms with van der Waals surface area (Å²) >= 11 is 0. The van der Waals surface area contributed by atoms with Crippen LogP contribution >= 0.6 is 0 Å². The average molecular weight is 252 g/mol. The van der Waals surface area contributed by atoms with Gasteiger partial charge in [-0.25, -0.2) is 9.18 Å². The molecule has 4 N–H and O–H groups in total. The van der Waals surface area contributed by atoms with Gasteiger partial charge in [-0.3, -0.25) is 0 Å². The molecule has 1 aliphatic rings. The van der Waals surface area contributed by atoms with Crippen molar-refractivity contribution in [2.75, 3.05) is 11.1 Å². The number of carboxylic acid groups (broad SMARTS) is 1. The summed E-state index contributed by atoms with van der Waals surface area (Å²) in [6.45, 7) is 4.07. The van der Waals surface area contributed by atoms with Gasteiger partial charge in [0.05, 0.1) is 16.9 Å². The van der Waals surface area contributed by atoms with Gasteiger partial charge >= 0.3 is 5.97 Å². The number of carbonyl (C=O) groups is 1. The van der Waals surface area contributed by atoms with E-state index in [0.29, 0.717) is 11.6 Å². The molecule has 1 saturated carbocycles.